The fourth-order valence-corrected chi connectivity index (χ4v) is 2.76. The lowest BCUT2D eigenvalue weighted by atomic mass is 10.1. The molecule has 0 aliphatic rings. The molecule has 2 aromatic carbocycles. The lowest BCUT2D eigenvalue weighted by Crippen LogP contribution is -2.20. The number of nitrogens with zero attached hydrogens (tertiary/aromatic N) is 2. The van der Waals surface area contributed by atoms with Crippen LogP contribution in [0.5, 0.6) is 0 Å². The molecule has 28 heavy (non-hydrogen) atoms. The zero-order chi connectivity index (χ0) is 20.3. The summed E-state index contributed by atoms with van der Waals surface area (Å²) in [5.41, 5.74) is 2.88. The maximum atomic E-state index is 12.4. The van der Waals surface area contributed by atoms with Crippen LogP contribution in [0.1, 0.15) is 16.1 Å². The number of rotatable bonds is 4. The van der Waals surface area contributed by atoms with Gasteiger partial charge in [-0.05, 0) is 42.8 Å². The van der Waals surface area contributed by atoms with E-state index >= 15 is 0 Å². The van der Waals surface area contributed by atoms with E-state index in [4.69, 9.17) is 23.2 Å². The number of imidazole rings is 1. The third-order valence-electron chi connectivity index (χ3n) is 3.97. The van der Waals surface area contributed by atoms with Gasteiger partial charge in [-0.15, -0.1) is 0 Å². The number of nitrogens with one attached hydrogen (secondary N) is 3. The van der Waals surface area contributed by atoms with Crippen molar-refractivity contribution in [2.24, 2.45) is 7.05 Å². The van der Waals surface area contributed by atoms with E-state index in [1.54, 1.807) is 54.3 Å². The minimum Gasteiger partial charge on any atom is -0.330 e. The van der Waals surface area contributed by atoms with E-state index in [0.717, 1.165) is 5.56 Å². The second kappa shape index (κ2) is 8.33. The minimum absolute atomic E-state index is 0.291. The average Bonchev–Trinajstić information content (AvgIpc) is 3.07. The molecule has 0 bridgehead atoms. The van der Waals surface area contributed by atoms with Gasteiger partial charge in [-0.25, -0.2) is 9.78 Å². The average molecular weight is 418 g/mol. The van der Waals surface area contributed by atoms with Crippen LogP contribution in [0.4, 0.5) is 21.9 Å². The molecule has 0 saturated heterocycles. The highest BCUT2D eigenvalue weighted by molar-refractivity contribution is 6.42. The number of aromatic nitrogens is 2. The zero-order valence-corrected chi connectivity index (χ0v) is 16.6. The van der Waals surface area contributed by atoms with Gasteiger partial charge in [0.05, 0.1) is 22.6 Å². The van der Waals surface area contributed by atoms with Crippen molar-refractivity contribution >= 4 is 52.2 Å². The largest absolute Gasteiger partial charge is 0.330 e. The molecule has 7 nitrogen and oxygen atoms in total. The van der Waals surface area contributed by atoms with E-state index in [0.29, 0.717) is 32.8 Å². The summed E-state index contributed by atoms with van der Waals surface area (Å²) in [5.74, 6) is -0.291. The Labute approximate surface area is 171 Å². The quantitative estimate of drug-likeness (QED) is 0.561. The van der Waals surface area contributed by atoms with Crippen molar-refractivity contribution < 1.29 is 9.59 Å². The highest BCUT2D eigenvalue weighted by Crippen LogP contribution is 2.25. The maximum absolute atomic E-state index is 12.4. The minimum atomic E-state index is -0.453. The Kier molecular flexibility index (Phi) is 5.87. The molecule has 9 heteroatoms. The Hall–Kier alpha value is -3.03. The predicted molar refractivity (Wildman–Crippen MR) is 111 cm³/mol. The van der Waals surface area contributed by atoms with Crippen molar-refractivity contribution in [1.29, 1.82) is 0 Å². The van der Waals surface area contributed by atoms with Gasteiger partial charge in [0, 0.05) is 24.1 Å². The number of anilines is 3. The summed E-state index contributed by atoms with van der Waals surface area (Å²) in [6, 6.07) is 9.55. The topological polar surface area (TPSA) is 88.1 Å². The van der Waals surface area contributed by atoms with Crippen LogP contribution < -0.4 is 16.0 Å². The zero-order valence-electron chi connectivity index (χ0n) is 15.1. The van der Waals surface area contributed by atoms with Gasteiger partial charge < -0.3 is 20.5 Å². The van der Waals surface area contributed by atoms with Gasteiger partial charge in [0.25, 0.3) is 5.91 Å². The maximum Gasteiger partial charge on any atom is 0.323 e. The second-order valence-corrected chi connectivity index (χ2v) is 6.90. The van der Waals surface area contributed by atoms with Crippen LogP contribution >= 0.6 is 23.2 Å². The van der Waals surface area contributed by atoms with E-state index < -0.39 is 6.03 Å². The summed E-state index contributed by atoms with van der Waals surface area (Å²) in [6.07, 6.45) is 3.03. The molecule has 0 unspecified atom stereocenters. The van der Waals surface area contributed by atoms with Gasteiger partial charge in [0.15, 0.2) is 0 Å². The molecular weight excluding hydrogens is 401 g/mol. The van der Waals surface area contributed by atoms with Gasteiger partial charge in [0.2, 0.25) is 0 Å². The summed E-state index contributed by atoms with van der Waals surface area (Å²) < 4.78 is 1.62. The van der Waals surface area contributed by atoms with Gasteiger partial charge in [0.1, 0.15) is 5.69 Å². The molecule has 0 saturated carbocycles. The summed E-state index contributed by atoms with van der Waals surface area (Å²) in [4.78, 5) is 28.6. The van der Waals surface area contributed by atoms with Crippen molar-refractivity contribution in [2.75, 3.05) is 16.0 Å². The smallest absolute Gasteiger partial charge is 0.323 e. The van der Waals surface area contributed by atoms with Crippen LogP contribution in [-0.4, -0.2) is 21.5 Å². The highest BCUT2D eigenvalue weighted by Gasteiger charge is 2.12. The van der Waals surface area contributed by atoms with Crippen LogP contribution in [0.15, 0.2) is 48.9 Å². The molecule has 0 spiro atoms. The SMILES string of the molecule is Cc1ccc(NC(=O)Nc2ccc(Cl)c(Cl)c2)cc1NC(=O)c1cncn1C. The molecule has 0 atom stereocenters. The van der Waals surface area contributed by atoms with Crippen molar-refractivity contribution in [3.05, 3.63) is 70.2 Å². The van der Waals surface area contributed by atoms with Gasteiger partial charge in [-0.2, -0.15) is 0 Å². The first-order chi connectivity index (χ1) is 13.3. The van der Waals surface area contributed by atoms with Crippen LogP contribution in [0.3, 0.4) is 0 Å². The van der Waals surface area contributed by atoms with E-state index in [2.05, 4.69) is 20.9 Å². The standard InChI is InChI=1S/C19H17Cl2N5O2/c1-11-3-4-13(8-16(11)25-18(27)17-9-22-10-26(17)2)24-19(28)23-12-5-6-14(20)15(21)7-12/h3-10H,1-2H3,(H,25,27)(H2,23,24,28). The Balaban J connectivity index is 1.70. The third kappa shape index (κ3) is 4.62. The molecule has 1 heterocycles. The van der Waals surface area contributed by atoms with Crippen LogP contribution in [-0.2, 0) is 7.05 Å². The molecule has 0 aliphatic heterocycles. The van der Waals surface area contributed by atoms with Crippen molar-refractivity contribution in [1.82, 2.24) is 9.55 Å². The van der Waals surface area contributed by atoms with Crippen LogP contribution in [0, 0.1) is 6.92 Å². The van der Waals surface area contributed by atoms with E-state index in [9.17, 15) is 9.59 Å². The number of aryl methyl sites for hydroxylation is 2. The fraction of sp³-hybridized carbons (Fsp3) is 0.105. The lowest BCUT2D eigenvalue weighted by Gasteiger charge is -2.12. The normalized spacial score (nSPS) is 10.4. The van der Waals surface area contributed by atoms with Crippen LogP contribution in [0.25, 0.3) is 0 Å². The highest BCUT2D eigenvalue weighted by atomic mass is 35.5. The molecule has 3 N–H and O–H groups in total. The Morgan fingerprint density at radius 3 is 2.29 bits per heavy atom. The number of halogens is 2. The Morgan fingerprint density at radius 2 is 1.64 bits per heavy atom. The molecule has 3 rings (SSSR count). The summed E-state index contributed by atoms with van der Waals surface area (Å²) in [7, 11) is 1.74. The lowest BCUT2D eigenvalue weighted by molar-refractivity contribution is 0.101. The number of hydrogen-bond acceptors (Lipinski definition) is 3. The summed E-state index contributed by atoms with van der Waals surface area (Å²) in [5, 5.41) is 8.96. The molecule has 144 valence electrons. The van der Waals surface area contributed by atoms with Crippen molar-refractivity contribution in [3.8, 4) is 0 Å². The van der Waals surface area contributed by atoms with E-state index in [-0.39, 0.29) is 5.91 Å². The second-order valence-electron chi connectivity index (χ2n) is 6.08. The number of carbonyl (C=O) groups excluding carboxylic acids is 2. The van der Waals surface area contributed by atoms with E-state index in [1.165, 1.54) is 6.20 Å². The first-order valence-electron chi connectivity index (χ1n) is 8.25. The van der Waals surface area contributed by atoms with Crippen LogP contribution in [0.2, 0.25) is 10.0 Å². The summed E-state index contributed by atoms with van der Waals surface area (Å²) >= 11 is 11.8. The number of urea groups is 1. The predicted octanol–water partition coefficient (Wildman–Crippen LogP) is 4.93. The monoisotopic (exact) mass is 417 g/mol. The van der Waals surface area contributed by atoms with Gasteiger partial charge in [-0.3, -0.25) is 4.79 Å². The number of hydrogen-bond donors (Lipinski definition) is 3. The molecule has 3 amide bonds. The van der Waals surface area contributed by atoms with Gasteiger partial charge in [-0.1, -0.05) is 29.3 Å². The molecule has 0 aliphatic carbocycles. The Morgan fingerprint density at radius 1 is 0.964 bits per heavy atom. The fourth-order valence-electron chi connectivity index (χ4n) is 2.46. The van der Waals surface area contributed by atoms with Crippen molar-refractivity contribution in [3.63, 3.8) is 0 Å². The third-order valence-corrected chi connectivity index (χ3v) is 4.71. The van der Waals surface area contributed by atoms with Crippen molar-refractivity contribution in [2.45, 2.75) is 6.92 Å². The first kappa shape index (κ1) is 19.7. The molecule has 1 aromatic heterocycles. The summed E-state index contributed by atoms with van der Waals surface area (Å²) in [6.45, 7) is 1.86. The number of amides is 3. The van der Waals surface area contributed by atoms with E-state index in [1.807, 2.05) is 6.92 Å². The van der Waals surface area contributed by atoms with Gasteiger partial charge >= 0.3 is 6.03 Å². The molecule has 0 radical (unpaired) electrons. The number of benzene rings is 2. The molecule has 0 fully saturated rings. The molecule has 3 aromatic rings. The Bertz CT molecular complexity index is 1050. The first-order valence-corrected chi connectivity index (χ1v) is 9.00. The number of carbonyl (C=O) groups is 2. The molecular formula is C19H17Cl2N5O2.